The average molecular weight is 151 g/mol. The van der Waals surface area contributed by atoms with E-state index in [1.165, 1.54) is 4.90 Å². The van der Waals surface area contributed by atoms with Crippen LogP contribution in [-0.4, -0.2) is 37.5 Å². The first-order valence-corrected chi connectivity index (χ1v) is 3.24. The molecular formula is C5H11ClN2O. The summed E-state index contributed by atoms with van der Waals surface area (Å²) in [6.45, 7) is 0.585. The summed E-state index contributed by atoms with van der Waals surface area (Å²) in [7, 11) is 3.29. The summed E-state index contributed by atoms with van der Waals surface area (Å²) < 4.78 is 0. The van der Waals surface area contributed by atoms with Crippen molar-refractivity contribution >= 4 is 17.6 Å². The van der Waals surface area contributed by atoms with Gasteiger partial charge in [0.1, 0.15) is 0 Å². The van der Waals surface area contributed by atoms with Gasteiger partial charge >= 0.3 is 6.03 Å². The molecule has 4 heteroatoms. The lowest BCUT2D eigenvalue weighted by atomic mass is 10.6. The Hall–Kier alpha value is -0.440. The van der Waals surface area contributed by atoms with Crippen LogP contribution in [0.4, 0.5) is 4.79 Å². The fourth-order valence-electron chi connectivity index (χ4n) is 0.419. The SMILES string of the molecule is CNC(=O)N(C)CCCl. The van der Waals surface area contributed by atoms with Crippen molar-refractivity contribution in [3.05, 3.63) is 0 Å². The lowest BCUT2D eigenvalue weighted by molar-refractivity contribution is 0.213. The molecule has 9 heavy (non-hydrogen) atoms. The van der Waals surface area contributed by atoms with Gasteiger partial charge in [-0.2, -0.15) is 0 Å². The van der Waals surface area contributed by atoms with Crippen LogP contribution in [0.2, 0.25) is 0 Å². The molecule has 0 radical (unpaired) electrons. The van der Waals surface area contributed by atoms with E-state index in [2.05, 4.69) is 5.32 Å². The number of nitrogens with one attached hydrogen (secondary N) is 1. The molecule has 54 valence electrons. The maximum Gasteiger partial charge on any atom is 0.316 e. The van der Waals surface area contributed by atoms with Crippen molar-refractivity contribution in [1.82, 2.24) is 10.2 Å². The Morgan fingerprint density at radius 1 is 1.78 bits per heavy atom. The van der Waals surface area contributed by atoms with Crippen LogP contribution in [0.5, 0.6) is 0 Å². The molecule has 0 aliphatic carbocycles. The van der Waals surface area contributed by atoms with E-state index in [1.807, 2.05) is 0 Å². The maximum atomic E-state index is 10.7. The Morgan fingerprint density at radius 2 is 2.33 bits per heavy atom. The molecule has 0 saturated carbocycles. The summed E-state index contributed by atoms with van der Waals surface area (Å²) in [5.74, 6) is 0.476. The smallest absolute Gasteiger partial charge is 0.316 e. The van der Waals surface area contributed by atoms with Crippen LogP contribution in [0.1, 0.15) is 0 Å². The van der Waals surface area contributed by atoms with Gasteiger partial charge in [0.05, 0.1) is 0 Å². The first kappa shape index (κ1) is 8.56. The first-order chi connectivity index (χ1) is 4.22. The highest BCUT2D eigenvalue weighted by molar-refractivity contribution is 6.18. The number of halogens is 1. The number of hydrogen-bond donors (Lipinski definition) is 1. The Labute approximate surface area is 60.0 Å². The fourth-order valence-corrected chi connectivity index (χ4v) is 0.673. The second kappa shape index (κ2) is 4.44. The highest BCUT2D eigenvalue weighted by atomic mass is 35.5. The van der Waals surface area contributed by atoms with E-state index < -0.39 is 0 Å². The Balaban J connectivity index is 3.45. The van der Waals surface area contributed by atoms with Crippen LogP contribution >= 0.6 is 11.6 Å². The maximum absolute atomic E-state index is 10.7. The van der Waals surface area contributed by atoms with Crippen molar-refractivity contribution in [2.45, 2.75) is 0 Å². The van der Waals surface area contributed by atoms with Crippen molar-refractivity contribution in [3.8, 4) is 0 Å². The summed E-state index contributed by atoms with van der Waals surface area (Å²) in [6, 6.07) is -0.101. The molecule has 0 bridgehead atoms. The number of nitrogens with zero attached hydrogens (tertiary/aromatic N) is 1. The molecule has 0 spiro atoms. The van der Waals surface area contributed by atoms with E-state index >= 15 is 0 Å². The largest absolute Gasteiger partial charge is 0.341 e. The predicted molar refractivity (Wildman–Crippen MR) is 37.8 cm³/mol. The van der Waals surface area contributed by atoms with E-state index in [0.29, 0.717) is 12.4 Å². The van der Waals surface area contributed by atoms with Crippen molar-refractivity contribution in [1.29, 1.82) is 0 Å². The average Bonchev–Trinajstić information content (AvgIpc) is 1.87. The van der Waals surface area contributed by atoms with Crippen molar-refractivity contribution < 1.29 is 4.79 Å². The molecule has 0 aromatic heterocycles. The summed E-state index contributed by atoms with van der Waals surface area (Å²) in [4.78, 5) is 12.2. The zero-order chi connectivity index (χ0) is 7.28. The molecule has 0 heterocycles. The second-order valence-electron chi connectivity index (χ2n) is 1.67. The first-order valence-electron chi connectivity index (χ1n) is 2.71. The molecule has 0 saturated heterocycles. The molecule has 0 aromatic rings. The number of urea groups is 1. The van der Waals surface area contributed by atoms with Gasteiger partial charge in [0, 0.05) is 26.5 Å². The molecule has 0 rings (SSSR count). The molecule has 2 amide bonds. The summed E-state index contributed by atoms with van der Waals surface area (Å²) >= 11 is 5.38. The van der Waals surface area contributed by atoms with Gasteiger partial charge in [-0.05, 0) is 0 Å². The third kappa shape index (κ3) is 3.19. The third-order valence-corrected chi connectivity index (χ3v) is 1.15. The van der Waals surface area contributed by atoms with Crippen molar-refractivity contribution in [2.24, 2.45) is 0 Å². The van der Waals surface area contributed by atoms with E-state index in [9.17, 15) is 4.79 Å². The van der Waals surface area contributed by atoms with Crippen LogP contribution in [0.3, 0.4) is 0 Å². The molecular weight excluding hydrogens is 140 g/mol. The standard InChI is InChI=1S/C5H11ClN2O/c1-7-5(9)8(2)4-3-6/h3-4H2,1-2H3,(H,7,9). The minimum Gasteiger partial charge on any atom is -0.341 e. The van der Waals surface area contributed by atoms with Crippen LogP contribution in [0, 0.1) is 0 Å². The van der Waals surface area contributed by atoms with Crippen LogP contribution in [-0.2, 0) is 0 Å². The van der Waals surface area contributed by atoms with E-state index in [1.54, 1.807) is 14.1 Å². The van der Waals surface area contributed by atoms with Gasteiger partial charge in [-0.15, -0.1) is 11.6 Å². The van der Waals surface area contributed by atoms with E-state index in [4.69, 9.17) is 11.6 Å². The van der Waals surface area contributed by atoms with Crippen molar-refractivity contribution in [3.63, 3.8) is 0 Å². The molecule has 1 N–H and O–H groups in total. The minimum atomic E-state index is -0.101. The molecule has 0 fully saturated rings. The number of amides is 2. The number of hydrogen-bond acceptors (Lipinski definition) is 1. The second-order valence-corrected chi connectivity index (χ2v) is 2.04. The van der Waals surface area contributed by atoms with Gasteiger partial charge in [-0.3, -0.25) is 0 Å². The zero-order valence-electron chi connectivity index (χ0n) is 5.65. The summed E-state index contributed by atoms with van der Waals surface area (Å²) in [5.41, 5.74) is 0. The summed E-state index contributed by atoms with van der Waals surface area (Å²) in [6.07, 6.45) is 0. The van der Waals surface area contributed by atoms with Crippen LogP contribution < -0.4 is 5.32 Å². The highest BCUT2D eigenvalue weighted by Crippen LogP contribution is 1.83. The quantitative estimate of drug-likeness (QED) is 0.572. The van der Waals surface area contributed by atoms with Crippen molar-refractivity contribution in [2.75, 3.05) is 26.5 Å². The van der Waals surface area contributed by atoms with Gasteiger partial charge in [0.15, 0.2) is 0 Å². The van der Waals surface area contributed by atoms with Gasteiger partial charge in [-0.1, -0.05) is 0 Å². The minimum absolute atomic E-state index is 0.101. The number of alkyl halides is 1. The molecule has 3 nitrogen and oxygen atoms in total. The normalized spacial score (nSPS) is 8.78. The molecule has 0 aliphatic heterocycles. The zero-order valence-corrected chi connectivity index (χ0v) is 6.40. The highest BCUT2D eigenvalue weighted by Gasteiger charge is 2.01. The molecule has 0 atom stereocenters. The van der Waals surface area contributed by atoms with Gasteiger partial charge in [0.2, 0.25) is 0 Å². The lowest BCUT2D eigenvalue weighted by Gasteiger charge is -2.13. The fraction of sp³-hybridized carbons (Fsp3) is 0.800. The van der Waals surface area contributed by atoms with Gasteiger partial charge in [0.25, 0.3) is 0 Å². The van der Waals surface area contributed by atoms with Gasteiger partial charge in [-0.25, -0.2) is 4.79 Å². The predicted octanol–water partition coefficient (Wildman–Crippen LogP) is 0.496. The van der Waals surface area contributed by atoms with Gasteiger partial charge < -0.3 is 10.2 Å². The third-order valence-electron chi connectivity index (χ3n) is 0.980. The Kier molecular flexibility index (Phi) is 4.22. The Morgan fingerprint density at radius 3 is 2.67 bits per heavy atom. The number of carbonyl (C=O) groups is 1. The van der Waals surface area contributed by atoms with E-state index in [-0.39, 0.29) is 6.03 Å². The lowest BCUT2D eigenvalue weighted by Crippen LogP contribution is -2.35. The number of rotatable bonds is 2. The molecule has 0 unspecified atom stereocenters. The van der Waals surface area contributed by atoms with E-state index in [0.717, 1.165) is 0 Å². The van der Waals surface area contributed by atoms with Crippen LogP contribution in [0.25, 0.3) is 0 Å². The molecule has 0 aromatic carbocycles. The topological polar surface area (TPSA) is 32.3 Å². The van der Waals surface area contributed by atoms with Crippen LogP contribution in [0.15, 0.2) is 0 Å². The number of carbonyl (C=O) groups excluding carboxylic acids is 1. The molecule has 0 aliphatic rings. The summed E-state index contributed by atoms with van der Waals surface area (Å²) in [5, 5.41) is 2.48. The monoisotopic (exact) mass is 150 g/mol. The Bertz CT molecular complexity index is 97.0.